The van der Waals surface area contributed by atoms with E-state index in [0.717, 1.165) is 14.2 Å². The summed E-state index contributed by atoms with van der Waals surface area (Å²) in [4.78, 5) is 45.5. The Labute approximate surface area is 110 Å². The predicted molar refractivity (Wildman–Crippen MR) is 63.5 cm³/mol. The van der Waals surface area contributed by atoms with Crippen molar-refractivity contribution in [2.45, 2.75) is 19.9 Å². The maximum Gasteiger partial charge on any atom is 0.320 e. The van der Waals surface area contributed by atoms with E-state index in [0.29, 0.717) is 0 Å². The Kier molecular flexibility index (Phi) is 6.53. The van der Waals surface area contributed by atoms with Crippen LogP contribution in [-0.2, 0) is 28.7 Å². The van der Waals surface area contributed by atoms with Crippen molar-refractivity contribution >= 4 is 23.8 Å². The van der Waals surface area contributed by atoms with E-state index in [9.17, 15) is 19.2 Å². The van der Waals surface area contributed by atoms with E-state index in [2.05, 4.69) is 14.8 Å². The number of nitrogens with two attached hydrogens (primary N) is 1. The number of rotatable bonds is 6. The molecule has 0 bridgehead atoms. The number of carbonyl (C=O) groups excluding carboxylic acids is 4. The molecule has 0 rings (SSSR count). The third-order valence-electron chi connectivity index (χ3n) is 2.63. The molecule has 0 aromatic rings. The summed E-state index contributed by atoms with van der Waals surface area (Å²) in [6, 6.07) is -1.18. The van der Waals surface area contributed by atoms with Gasteiger partial charge in [-0.25, -0.2) is 0 Å². The first-order chi connectivity index (χ1) is 8.76. The molecule has 0 aliphatic carbocycles. The highest BCUT2D eigenvalue weighted by Gasteiger charge is 2.40. The van der Waals surface area contributed by atoms with Gasteiger partial charge in [0.1, 0.15) is 6.04 Å². The first-order valence-corrected chi connectivity index (χ1v) is 5.48. The second kappa shape index (κ2) is 7.34. The minimum atomic E-state index is -1.35. The minimum Gasteiger partial charge on any atom is -0.468 e. The Bertz CT molecular complexity index is 365. The number of nitrogens with one attached hydrogen (secondary N) is 1. The molecule has 0 spiro atoms. The number of primary amides is 1. The van der Waals surface area contributed by atoms with Gasteiger partial charge in [0.15, 0.2) is 5.92 Å². The number of ether oxygens (including phenoxy) is 2. The van der Waals surface area contributed by atoms with Gasteiger partial charge in [0.05, 0.1) is 14.2 Å². The van der Waals surface area contributed by atoms with Gasteiger partial charge in [0.25, 0.3) is 0 Å². The van der Waals surface area contributed by atoms with Gasteiger partial charge in [0, 0.05) is 12.8 Å². The molecule has 2 atom stereocenters. The Balaban J connectivity index is 5.28. The number of carbonyl (C=O) groups is 4. The summed E-state index contributed by atoms with van der Waals surface area (Å²) < 4.78 is 8.97. The summed E-state index contributed by atoms with van der Waals surface area (Å²) in [6.07, 6.45) is 0. The fourth-order valence-corrected chi connectivity index (χ4v) is 1.65. The molecular formula is C11H18N2O6. The molecule has 0 unspecified atom stereocenters. The standard InChI is InChI=1S/C11H18N2O6/c1-5(8(9(12)15)13-6(2)14)7(10(16)18-3)11(17)19-4/h5,7-8H,1-4H3,(H2,12,15)(H,13,14)/t5-,8-/m1/s1. The van der Waals surface area contributed by atoms with Crippen LogP contribution in [0.15, 0.2) is 0 Å². The minimum absolute atomic E-state index is 0.510. The molecule has 0 radical (unpaired) electrons. The van der Waals surface area contributed by atoms with Crippen molar-refractivity contribution in [3.05, 3.63) is 0 Å². The van der Waals surface area contributed by atoms with Gasteiger partial charge in [-0.15, -0.1) is 0 Å². The molecular weight excluding hydrogens is 256 g/mol. The van der Waals surface area contributed by atoms with E-state index < -0.39 is 41.6 Å². The summed E-state index contributed by atoms with van der Waals surface area (Å²) >= 11 is 0. The van der Waals surface area contributed by atoms with Crippen LogP contribution in [0.1, 0.15) is 13.8 Å². The van der Waals surface area contributed by atoms with Gasteiger partial charge in [-0.1, -0.05) is 6.92 Å². The topological polar surface area (TPSA) is 125 Å². The number of amides is 2. The lowest BCUT2D eigenvalue weighted by atomic mass is 9.87. The fourth-order valence-electron chi connectivity index (χ4n) is 1.65. The van der Waals surface area contributed by atoms with Crippen molar-refractivity contribution < 1.29 is 28.7 Å². The van der Waals surface area contributed by atoms with Crippen molar-refractivity contribution in [3.8, 4) is 0 Å². The molecule has 0 saturated carbocycles. The van der Waals surface area contributed by atoms with E-state index in [1.807, 2.05) is 0 Å². The Morgan fingerprint density at radius 3 is 1.74 bits per heavy atom. The zero-order valence-electron chi connectivity index (χ0n) is 11.3. The SMILES string of the molecule is COC(=O)C(C(=O)OC)[C@@H](C)[C@@H](NC(C)=O)C(N)=O. The maximum atomic E-state index is 11.6. The zero-order valence-corrected chi connectivity index (χ0v) is 11.3. The van der Waals surface area contributed by atoms with Crippen LogP contribution in [0.5, 0.6) is 0 Å². The highest BCUT2D eigenvalue weighted by Crippen LogP contribution is 2.19. The number of hydrogen-bond donors (Lipinski definition) is 2. The highest BCUT2D eigenvalue weighted by molar-refractivity contribution is 5.96. The molecule has 2 amide bonds. The van der Waals surface area contributed by atoms with Crippen molar-refractivity contribution in [2.75, 3.05) is 14.2 Å². The molecule has 0 aliphatic heterocycles. The van der Waals surface area contributed by atoms with Crippen LogP contribution < -0.4 is 11.1 Å². The average molecular weight is 274 g/mol. The highest BCUT2D eigenvalue weighted by atomic mass is 16.5. The summed E-state index contributed by atoms with van der Waals surface area (Å²) in [7, 11) is 2.20. The Hall–Kier alpha value is -2.12. The maximum absolute atomic E-state index is 11.6. The summed E-state index contributed by atoms with van der Waals surface area (Å²) in [5, 5.41) is 2.29. The van der Waals surface area contributed by atoms with Crippen LogP contribution in [0.2, 0.25) is 0 Å². The third kappa shape index (κ3) is 4.57. The van der Waals surface area contributed by atoms with Crippen LogP contribution >= 0.6 is 0 Å². The molecule has 0 fully saturated rings. The normalized spacial score (nSPS) is 13.3. The summed E-state index contributed by atoms with van der Waals surface area (Å²) in [5.74, 6) is -5.35. The lowest BCUT2D eigenvalue weighted by molar-refractivity contribution is -0.162. The van der Waals surface area contributed by atoms with Gasteiger partial charge in [0.2, 0.25) is 11.8 Å². The molecule has 0 aromatic heterocycles. The predicted octanol–water partition coefficient (Wildman–Crippen LogP) is -1.43. The van der Waals surface area contributed by atoms with Gasteiger partial charge < -0.3 is 20.5 Å². The Morgan fingerprint density at radius 1 is 1.05 bits per heavy atom. The average Bonchev–Trinajstić information content (AvgIpc) is 2.34. The fraction of sp³-hybridized carbons (Fsp3) is 0.636. The van der Waals surface area contributed by atoms with E-state index in [1.54, 1.807) is 0 Å². The number of methoxy groups -OCH3 is 2. The molecule has 0 aromatic carbocycles. The molecule has 108 valence electrons. The Morgan fingerprint density at radius 2 is 1.47 bits per heavy atom. The summed E-state index contributed by atoms with van der Waals surface area (Å²) in [5.41, 5.74) is 5.15. The first-order valence-electron chi connectivity index (χ1n) is 5.48. The van der Waals surface area contributed by atoms with Gasteiger partial charge in [-0.2, -0.15) is 0 Å². The second-order valence-electron chi connectivity index (χ2n) is 3.96. The van der Waals surface area contributed by atoms with Gasteiger partial charge >= 0.3 is 11.9 Å². The van der Waals surface area contributed by atoms with E-state index in [4.69, 9.17) is 5.73 Å². The monoisotopic (exact) mass is 274 g/mol. The third-order valence-corrected chi connectivity index (χ3v) is 2.63. The van der Waals surface area contributed by atoms with Crippen LogP contribution in [0.4, 0.5) is 0 Å². The molecule has 3 N–H and O–H groups in total. The van der Waals surface area contributed by atoms with Crippen LogP contribution in [0, 0.1) is 11.8 Å². The van der Waals surface area contributed by atoms with Crippen LogP contribution in [0.25, 0.3) is 0 Å². The molecule has 8 nitrogen and oxygen atoms in total. The lowest BCUT2D eigenvalue weighted by Crippen LogP contribution is -2.52. The molecule has 8 heteroatoms. The van der Waals surface area contributed by atoms with Crippen LogP contribution in [-0.4, -0.2) is 44.0 Å². The van der Waals surface area contributed by atoms with Gasteiger partial charge in [-0.3, -0.25) is 19.2 Å². The van der Waals surface area contributed by atoms with E-state index in [1.165, 1.54) is 13.8 Å². The number of hydrogen-bond acceptors (Lipinski definition) is 6. The molecule has 0 aliphatic rings. The van der Waals surface area contributed by atoms with Gasteiger partial charge in [-0.05, 0) is 0 Å². The smallest absolute Gasteiger partial charge is 0.320 e. The lowest BCUT2D eigenvalue weighted by Gasteiger charge is -2.26. The molecule has 0 heterocycles. The van der Waals surface area contributed by atoms with Crippen molar-refractivity contribution in [3.63, 3.8) is 0 Å². The quantitative estimate of drug-likeness (QED) is 0.452. The first kappa shape index (κ1) is 16.9. The number of esters is 2. The molecule has 0 saturated heterocycles. The van der Waals surface area contributed by atoms with Crippen molar-refractivity contribution in [2.24, 2.45) is 17.6 Å². The second-order valence-corrected chi connectivity index (χ2v) is 3.96. The molecule has 19 heavy (non-hydrogen) atoms. The van der Waals surface area contributed by atoms with E-state index >= 15 is 0 Å². The van der Waals surface area contributed by atoms with Crippen LogP contribution in [0.3, 0.4) is 0 Å². The largest absolute Gasteiger partial charge is 0.468 e. The summed E-state index contributed by atoms with van der Waals surface area (Å²) in [6.45, 7) is 2.61. The van der Waals surface area contributed by atoms with Crippen molar-refractivity contribution in [1.29, 1.82) is 0 Å². The zero-order chi connectivity index (χ0) is 15.2. The van der Waals surface area contributed by atoms with E-state index in [-0.39, 0.29) is 0 Å². The van der Waals surface area contributed by atoms with Crippen molar-refractivity contribution in [1.82, 2.24) is 5.32 Å².